The van der Waals surface area contributed by atoms with Gasteiger partial charge < -0.3 is 29.3 Å². The Morgan fingerprint density at radius 1 is 1.00 bits per heavy atom. The number of hydrogen-bond acceptors (Lipinski definition) is 7. The fourth-order valence-electron chi connectivity index (χ4n) is 5.94. The minimum absolute atomic E-state index is 0.0767. The van der Waals surface area contributed by atoms with Crippen LogP contribution in [0.25, 0.3) is 0 Å². The minimum atomic E-state index is -1.57. The van der Waals surface area contributed by atoms with Gasteiger partial charge in [0.05, 0.1) is 26.2 Å². The van der Waals surface area contributed by atoms with Gasteiger partial charge in [0.15, 0.2) is 0 Å². The van der Waals surface area contributed by atoms with Crippen molar-refractivity contribution in [2.45, 2.75) is 65.5 Å². The van der Waals surface area contributed by atoms with Crippen molar-refractivity contribution < 1.29 is 33.4 Å². The van der Waals surface area contributed by atoms with Gasteiger partial charge in [-0.05, 0) is 76.3 Å². The van der Waals surface area contributed by atoms with Crippen LogP contribution in [0.2, 0.25) is 0 Å². The van der Waals surface area contributed by atoms with E-state index < -0.39 is 29.0 Å². The Bertz CT molecular complexity index is 1380. The highest BCUT2D eigenvalue weighted by Crippen LogP contribution is 2.51. The van der Waals surface area contributed by atoms with Crippen molar-refractivity contribution in [1.82, 2.24) is 15.1 Å². The molecule has 2 aromatic carbocycles. The van der Waals surface area contributed by atoms with Gasteiger partial charge in [-0.25, -0.2) is 4.79 Å². The summed E-state index contributed by atoms with van der Waals surface area (Å²) in [4.78, 5) is 57.7. The van der Waals surface area contributed by atoms with Gasteiger partial charge in [0.1, 0.15) is 16.8 Å². The third-order valence-electron chi connectivity index (χ3n) is 8.09. The van der Waals surface area contributed by atoms with Crippen LogP contribution in [0.5, 0.6) is 5.75 Å². The molecule has 10 heteroatoms. The molecule has 0 aliphatic carbocycles. The number of aryl methyl sites for hydroxylation is 1. The first-order valence-electron chi connectivity index (χ1n) is 15.6. The molecule has 4 rings (SSSR count). The summed E-state index contributed by atoms with van der Waals surface area (Å²) in [7, 11) is 1.58. The van der Waals surface area contributed by atoms with Crippen molar-refractivity contribution in [1.29, 1.82) is 0 Å². The number of fused-ring (bicyclic) bond motifs is 1. The van der Waals surface area contributed by atoms with Crippen molar-refractivity contribution in [2.24, 2.45) is 11.3 Å². The zero-order chi connectivity index (χ0) is 32.6. The van der Waals surface area contributed by atoms with Crippen LogP contribution in [-0.4, -0.2) is 72.6 Å². The number of carbonyl (C=O) groups is 4. The van der Waals surface area contributed by atoms with E-state index in [1.807, 2.05) is 30.3 Å². The fourth-order valence-corrected chi connectivity index (χ4v) is 5.94. The van der Waals surface area contributed by atoms with Crippen LogP contribution < -0.4 is 10.1 Å². The van der Waals surface area contributed by atoms with E-state index in [-0.39, 0.29) is 44.5 Å². The summed E-state index contributed by atoms with van der Waals surface area (Å²) < 4.78 is 16.5. The minimum Gasteiger partial charge on any atom is -0.497 e. The summed E-state index contributed by atoms with van der Waals surface area (Å²) in [6.07, 6.45) is 3.45. The predicted molar refractivity (Wildman–Crippen MR) is 169 cm³/mol. The van der Waals surface area contributed by atoms with Gasteiger partial charge >= 0.3 is 12.1 Å². The molecule has 0 aromatic heterocycles. The second-order valence-electron chi connectivity index (χ2n) is 12.5. The standard InChI is InChI=1S/C35H45N3O7/c1-6-44-32(41)35-24-37(33(42)45-34(2,3)4)21-19-29(35)38(23-26-15-17-27(43-5)18-16-26)31(40)28(35)22-30(39)36-20-11-10-14-25-12-8-7-9-13-25/h7-9,12-13,15-19,28H,6,10-11,14,20-24H2,1-5H3,(H,36,39)/t28-,35-/m1/s1. The van der Waals surface area contributed by atoms with E-state index in [4.69, 9.17) is 14.2 Å². The molecule has 1 saturated heterocycles. The summed E-state index contributed by atoms with van der Waals surface area (Å²) in [6.45, 7) is 7.67. The lowest BCUT2D eigenvalue weighted by atomic mass is 9.71. The number of rotatable bonds is 12. The Balaban J connectivity index is 1.59. The summed E-state index contributed by atoms with van der Waals surface area (Å²) >= 11 is 0. The van der Waals surface area contributed by atoms with Crippen LogP contribution in [0.4, 0.5) is 4.79 Å². The zero-order valence-electron chi connectivity index (χ0n) is 27.0. The molecule has 1 N–H and O–H groups in total. The molecule has 0 saturated carbocycles. The zero-order valence-corrected chi connectivity index (χ0v) is 27.0. The third-order valence-corrected chi connectivity index (χ3v) is 8.09. The lowest BCUT2D eigenvalue weighted by molar-refractivity contribution is -0.158. The second kappa shape index (κ2) is 14.6. The van der Waals surface area contributed by atoms with E-state index in [2.05, 4.69) is 17.4 Å². The summed E-state index contributed by atoms with van der Waals surface area (Å²) in [6, 6.07) is 17.4. The van der Waals surface area contributed by atoms with Crippen LogP contribution in [0.1, 0.15) is 58.1 Å². The van der Waals surface area contributed by atoms with Crippen LogP contribution in [-0.2, 0) is 36.8 Å². The second-order valence-corrected chi connectivity index (χ2v) is 12.5. The maximum atomic E-state index is 14.2. The topological polar surface area (TPSA) is 114 Å². The largest absolute Gasteiger partial charge is 0.497 e. The first kappa shape index (κ1) is 33.6. The van der Waals surface area contributed by atoms with Crippen LogP contribution in [0, 0.1) is 11.3 Å². The van der Waals surface area contributed by atoms with E-state index in [9.17, 15) is 19.2 Å². The molecule has 1 fully saturated rings. The van der Waals surface area contributed by atoms with Crippen molar-refractivity contribution in [3.63, 3.8) is 0 Å². The van der Waals surface area contributed by atoms with Crippen LogP contribution in [0.3, 0.4) is 0 Å². The van der Waals surface area contributed by atoms with Crippen LogP contribution >= 0.6 is 0 Å². The maximum Gasteiger partial charge on any atom is 0.410 e. The number of hydrogen-bond donors (Lipinski definition) is 1. The summed E-state index contributed by atoms with van der Waals surface area (Å²) in [5, 5.41) is 2.94. The lowest BCUT2D eigenvalue weighted by Crippen LogP contribution is -2.54. The van der Waals surface area contributed by atoms with Gasteiger partial charge in [0.2, 0.25) is 11.8 Å². The first-order valence-corrected chi connectivity index (χ1v) is 15.6. The highest BCUT2D eigenvalue weighted by atomic mass is 16.6. The Kier molecular flexibility index (Phi) is 10.9. The Labute approximate surface area is 265 Å². The van der Waals surface area contributed by atoms with Gasteiger partial charge in [-0.1, -0.05) is 42.5 Å². The molecule has 0 bridgehead atoms. The first-order chi connectivity index (χ1) is 21.5. The number of nitrogens with zero attached hydrogens (tertiary/aromatic N) is 2. The summed E-state index contributed by atoms with van der Waals surface area (Å²) in [5.74, 6) is -1.74. The molecule has 10 nitrogen and oxygen atoms in total. The number of esters is 1. The molecular weight excluding hydrogens is 574 g/mol. The molecule has 2 atom stereocenters. The van der Waals surface area contributed by atoms with Gasteiger partial charge in [0, 0.05) is 31.8 Å². The molecule has 2 aromatic rings. The number of likely N-dealkylation sites (tertiary alicyclic amines) is 1. The maximum absolute atomic E-state index is 14.2. The average Bonchev–Trinajstić information content (AvgIpc) is 3.24. The molecule has 2 aliphatic rings. The Morgan fingerprint density at radius 2 is 1.71 bits per heavy atom. The number of carbonyl (C=O) groups excluding carboxylic acids is 4. The van der Waals surface area contributed by atoms with Crippen LogP contribution in [0.15, 0.2) is 66.4 Å². The molecule has 0 radical (unpaired) electrons. The van der Waals surface area contributed by atoms with Crippen molar-refractivity contribution in [3.05, 3.63) is 77.5 Å². The Morgan fingerprint density at radius 3 is 2.36 bits per heavy atom. The summed E-state index contributed by atoms with van der Waals surface area (Å²) in [5.41, 5.74) is 0.173. The van der Waals surface area contributed by atoms with Gasteiger partial charge in [0.25, 0.3) is 0 Å². The molecule has 2 aliphatic heterocycles. The lowest BCUT2D eigenvalue weighted by Gasteiger charge is -2.40. The average molecular weight is 620 g/mol. The SMILES string of the molecule is CCOC(=O)[C@@]12CN(C(=O)OC(C)(C)C)CC=C1N(Cc1ccc(OC)cc1)C(=O)[C@H]2CC(=O)NCCCCc1ccccc1. The molecular formula is C35H45N3O7. The number of ether oxygens (including phenoxy) is 3. The molecule has 45 heavy (non-hydrogen) atoms. The van der Waals surface area contributed by atoms with Crippen molar-refractivity contribution in [2.75, 3.05) is 33.4 Å². The highest BCUT2D eigenvalue weighted by molar-refractivity contribution is 5.99. The predicted octanol–water partition coefficient (Wildman–Crippen LogP) is 4.87. The molecule has 0 unspecified atom stereocenters. The van der Waals surface area contributed by atoms with Crippen molar-refractivity contribution in [3.8, 4) is 5.75 Å². The monoisotopic (exact) mass is 619 g/mol. The number of nitrogens with one attached hydrogen (secondary N) is 1. The van der Waals surface area contributed by atoms with E-state index in [0.717, 1.165) is 24.8 Å². The normalized spacial score (nSPS) is 19.4. The number of benzene rings is 2. The quantitative estimate of drug-likeness (QED) is 0.266. The van der Waals surface area contributed by atoms with E-state index in [1.54, 1.807) is 57.9 Å². The Hall–Kier alpha value is -4.34. The molecule has 3 amide bonds. The number of amides is 3. The third kappa shape index (κ3) is 8.04. The van der Waals surface area contributed by atoms with Gasteiger partial charge in [-0.3, -0.25) is 14.4 Å². The van der Waals surface area contributed by atoms with Gasteiger partial charge in [-0.15, -0.1) is 0 Å². The van der Waals surface area contributed by atoms with E-state index in [1.165, 1.54) is 10.5 Å². The molecule has 0 spiro atoms. The number of unbranched alkanes of at least 4 members (excludes halogenated alkanes) is 1. The molecule has 242 valence electrons. The van der Waals surface area contributed by atoms with Gasteiger partial charge in [-0.2, -0.15) is 0 Å². The highest BCUT2D eigenvalue weighted by Gasteiger charge is 2.64. The number of methoxy groups -OCH3 is 1. The van der Waals surface area contributed by atoms with E-state index >= 15 is 0 Å². The molecule has 2 heterocycles. The fraction of sp³-hybridized carbons (Fsp3) is 0.486. The van der Waals surface area contributed by atoms with E-state index in [0.29, 0.717) is 18.0 Å². The smallest absolute Gasteiger partial charge is 0.410 e. The van der Waals surface area contributed by atoms with Crippen molar-refractivity contribution >= 4 is 23.9 Å².